The van der Waals surface area contributed by atoms with Gasteiger partial charge in [-0.05, 0) is 24.3 Å². The van der Waals surface area contributed by atoms with E-state index in [1.165, 1.54) is 16.8 Å². The predicted molar refractivity (Wildman–Crippen MR) is 74.8 cm³/mol. The number of nitrogen functional groups attached to an aromatic ring is 1. The van der Waals surface area contributed by atoms with Crippen LogP contribution in [0.25, 0.3) is 0 Å². The van der Waals surface area contributed by atoms with Crippen molar-refractivity contribution < 1.29 is 13.2 Å². The molecule has 2 aromatic rings. The van der Waals surface area contributed by atoms with Gasteiger partial charge in [0.25, 0.3) is 0 Å². The summed E-state index contributed by atoms with van der Waals surface area (Å²) < 4.78 is 24.2. The molecule has 1 heterocycles. The summed E-state index contributed by atoms with van der Waals surface area (Å²) >= 11 is 0. The Hall–Kier alpha value is -2.35. The third kappa shape index (κ3) is 3.58. The topological polar surface area (TPSA) is 107 Å². The number of nitrogens with zero attached hydrogens (tertiary/aromatic N) is 2. The molecule has 0 unspecified atom stereocenters. The van der Waals surface area contributed by atoms with E-state index in [-0.39, 0.29) is 17.3 Å². The van der Waals surface area contributed by atoms with Gasteiger partial charge in [-0.3, -0.25) is 9.48 Å². The van der Waals surface area contributed by atoms with Crippen molar-refractivity contribution in [2.75, 3.05) is 17.3 Å². The molecule has 7 nitrogen and oxygen atoms in total. The molecule has 0 saturated carbocycles. The Morgan fingerprint density at radius 3 is 2.75 bits per heavy atom. The van der Waals surface area contributed by atoms with Crippen molar-refractivity contribution in [3.05, 3.63) is 36.5 Å². The third-order valence-corrected chi connectivity index (χ3v) is 3.62. The monoisotopic (exact) mass is 294 g/mol. The normalized spacial score (nSPS) is 11.2. The van der Waals surface area contributed by atoms with Crippen LogP contribution in [0.4, 0.5) is 11.5 Å². The maximum absolute atomic E-state index is 11.8. The molecule has 1 amide bonds. The number of carbonyl (C=O) groups is 1. The molecule has 0 saturated heterocycles. The highest BCUT2D eigenvalue weighted by atomic mass is 32.2. The number of hydrogen-bond donors (Lipinski definition) is 2. The first-order valence-electron chi connectivity index (χ1n) is 5.73. The fraction of sp³-hybridized carbons (Fsp3) is 0.167. The van der Waals surface area contributed by atoms with E-state index in [4.69, 9.17) is 5.73 Å². The fourth-order valence-corrected chi connectivity index (χ4v) is 2.28. The Labute approximate surface area is 116 Å². The largest absolute Gasteiger partial charge is 0.382 e. The molecule has 0 bridgehead atoms. The maximum Gasteiger partial charge on any atom is 0.246 e. The van der Waals surface area contributed by atoms with Gasteiger partial charge < -0.3 is 11.1 Å². The molecule has 3 N–H and O–H groups in total. The predicted octanol–water partition coefficient (Wildman–Crippen LogP) is 0.507. The van der Waals surface area contributed by atoms with Crippen LogP contribution >= 0.6 is 0 Å². The average molecular weight is 294 g/mol. The van der Waals surface area contributed by atoms with Gasteiger partial charge >= 0.3 is 0 Å². The Kier molecular flexibility index (Phi) is 3.75. The van der Waals surface area contributed by atoms with Crippen molar-refractivity contribution in [3.8, 4) is 0 Å². The van der Waals surface area contributed by atoms with E-state index < -0.39 is 9.84 Å². The van der Waals surface area contributed by atoms with Crippen LogP contribution in [0, 0.1) is 0 Å². The lowest BCUT2D eigenvalue weighted by atomic mass is 10.3. The zero-order valence-electron chi connectivity index (χ0n) is 10.8. The van der Waals surface area contributed by atoms with Crippen molar-refractivity contribution >= 4 is 27.2 Å². The molecule has 1 aromatic carbocycles. The van der Waals surface area contributed by atoms with E-state index in [1.807, 2.05) is 0 Å². The minimum Gasteiger partial charge on any atom is -0.382 e. The van der Waals surface area contributed by atoms with Crippen LogP contribution in [-0.4, -0.2) is 30.4 Å². The molecule has 0 spiro atoms. The summed E-state index contributed by atoms with van der Waals surface area (Å²) in [7, 11) is -3.30. The number of anilines is 2. The second kappa shape index (κ2) is 5.33. The van der Waals surface area contributed by atoms with Crippen LogP contribution in [-0.2, 0) is 21.2 Å². The first kappa shape index (κ1) is 14.1. The number of carbonyl (C=O) groups excluding carboxylic acids is 1. The smallest absolute Gasteiger partial charge is 0.246 e. The summed E-state index contributed by atoms with van der Waals surface area (Å²) in [5.74, 6) is 0.00984. The number of nitrogens with two attached hydrogens (primary N) is 1. The number of sulfone groups is 1. The van der Waals surface area contributed by atoms with Gasteiger partial charge in [0.05, 0.1) is 4.90 Å². The standard InChI is InChI=1S/C12H14N4O3S/c1-20(18,19)10-4-2-3-9(7-10)14-12(17)8-16-6-5-11(13)15-16/h2-7H,8H2,1H3,(H2,13,15)(H,14,17). The number of aromatic nitrogens is 2. The minimum atomic E-state index is -3.30. The molecule has 0 aliphatic rings. The second-order valence-corrected chi connectivity index (χ2v) is 6.30. The van der Waals surface area contributed by atoms with Gasteiger partial charge in [0.1, 0.15) is 12.4 Å². The van der Waals surface area contributed by atoms with Crippen LogP contribution in [0.5, 0.6) is 0 Å². The molecular weight excluding hydrogens is 280 g/mol. The summed E-state index contributed by atoms with van der Waals surface area (Å²) in [6.45, 7) is 0.000300. The summed E-state index contributed by atoms with van der Waals surface area (Å²) in [5, 5.41) is 6.49. The molecular formula is C12H14N4O3S. The Morgan fingerprint density at radius 2 is 2.15 bits per heavy atom. The summed E-state index contributed by atoms with van der Waals surface area (Å²) in [4.78, 5) is 11.9. The highest BCUT2D eigenvalue weighted by molar-refractivity contribution is 7.90. The van der Waals surface area contributed by atoms with Crippen LogP contribution in [0.3, 0.4) is 0 Å². The van der Waals surface area contributed by atoms with Crippen LogP contribution in [0.2, 0.25) is 0 Å². The van der Waals surface area contributed by atoms with Crippen LogP contribution in [0.1, 0.15) is 0 Å². The number of amides is 1. The molecule has 0 radical (unpaired) electrons. The van der Waals surface area contributed by atoms with Crippen LogP contribution < -0.4 is 11.1 Å². The Balaban J connectivity index is 2.08. The molecule has 0 atom stereocenters. The quantitative estimate of drug-likeness (QED) is 0.854. The SMILES string of the molecule is CS(=O)(=O)c1cccc(NC(=O)Cn2ccc(N)n2)c1. The fourth-order valence-electron chi connectivity index (χ4n) is 1.62. The molecule has 2 rings (SSSR count). The number of nitrogens with one attached hydrogen (secondary N) is 1. The molecule has 0 fully saturated rings. The highest BCUT2D eigenvalue weighted by Gasteiger charge is 2.09. The van der Waals surface area contributed by atoms with Gasteiger partial charge in [0, 0.05) is 18.1 Å². The first-order valence-corrected chi connectivity index (χ1v) is 7.62. The van der Waals surface area contributed by atoms with Gasteiger partial charge in [0.15, 0.2) is 9.84 Å². The van der Waals surface area contributed by atoms with E-state index in [0.717, 1.165) is 6.26 Å². The van der Waals surface area contributed by atoms with Crippen molar-refractivity contribution in [2.45, 2.75) is 11.4 Å². The zero-order chi connectivity index (χ0) is 14.8. The summed E-state index contributed by atoms with van der Waals surface area (Å²) in [5.41, 5.74) is 5.86. The highest BCUT2D eigenvalue weighted by Crippen LogP contribution is 2.15. The van der Waals surface area contributed by atoms with Crippen molar-refractivity contribution in [1.82, 2.24) is 9.78 Å². The van der Waals surface area contributed by atoms with E-state index >= 15 is 0 Å². The number of benzene rings is 1. The second-order valence-electron chi connectivity index (χ2n) is 4.29. The van der Waals surface area contributed by atoms with E-state index in [1.54, 1.807) is 24.4 Å². The molecule has 0 aliphatic carbocycles. The van der Waals surface area contributed by atoms with Gasteiger partial charge in [-0.2, -0.15) is 5.10 Å². The first-order chi connectivity index (χ1) is 9.34. The molecule has 0 aliphatic heterocycles. The van der Waals surface area contributed by atoms with Crippen molar-refractivity contribution in [1.29, 1.82) is 0 Å². The van der Waals surface area contributed by atoms with Crippen LogP contribution in [0.15, 0.2) is 41.4 Å². The van der Waals surface area contributed by atoms with E-state index in [9.17, 15) is 13.2 Å². The zero-order valence-corrected chi connectivity index (χ0v) is 11.6. The lowest BCUT2D eigenvalue weighted by molar-refractivity contribution is -0.116. The van der Waals surface area contributed by atoms with Crippen molar-refractivity contribution in [3.63, 3.8) is 0 Å². The average Bonchev–Trinajstić information content (AvgIpc) is 2.73. The Bertz CT molecular complexity index is 737. The maximum atomic E-state index is 11.8. The lowest BCUT2D eigenvalue weighted by Crippen LogP contribution is -2.19. The molecule has 1 aromatic heterocycles. The minimum absolute atomic E-state index is 0.000300. The lowest BCUT2D eigenvalue weighted by Gasteiger charge is -2.06. The van der Waals surface area contributed by atoms with E-state index in [2.05, 4.69) is 10.4 Å². The van der Waals surface area contributed by atoms with Gasteiger partial charge in [-0.15, -0.1) is 0 Å². The van der Waals surface area contributed by atoms with Gasteiger partial charge in [-0.25, -0.2) is 8.42 Å². The molecule has 8 heteroatoms. The molecule has 20 heavy (non-hydrogen) atoms. The van der Waals surface area contributed by atoms with Gasteiger partial charge in [0.2, 0.25) is 5.91 Å². The third-order valence-electron chi connectivity index (χ3n) is 2.51. The number of hydrogen-bond acceptors (Lipinski definition) is 5. The molecule has 106 valence electrons. The van der Waals surface area contributed by atoms with E-state index in [0.29, 0.717) is 11.5 Å². The van der Waals surface area contributed by atoms with Crippen molar-refractivity contribution in [2.24, 2.45) is 0 Å². The number of rotatable bonds is 4. The van der Waals surface area contributed by atoms with Gasteiger partial charge in [-0.1, -0.05) is 6.07 Å². The summed E-state index contributed by atoms with van der Waals surface area (Å²) in [6, 6.07) is 7.64. The Morgan fingerprint density at radius 1 is 1.40 bits per heavy atom. The summed E-state index contributed by atoms with van der Waals surface area (Å²) in [6.07, 6.45) is 2.70.